The Kier molecular flexibility index (Phi) is 5.76. The molecular weight excluding hydrogens is 341 g/mol. The van der Waals surface area contributed by atoms with Gasteiger partial charge >= 0.3 is 6.18 Å². The number of ether oxygens (including phenoxy) is 2. The number of hydrogen-bond donors (Lipinski definition) is 1. The number of carbonyl (C=O) groups excluding carboxylic acids is 2. The molecule has 1 aliphatic heterocycles. The van der Waals surface area contributed by atoms with E-state index in [0.29, 0.717) is 6.42 Å². The van der Waals surface area contributed by atoms with Gasteiger partial charge in [0.25, 0.3) is 11.8 Å². The lowest BCUT2D eigenvalue weighted by Crippen LogP contribution is -2.44. The molecule has 1 aliphatic rings. The van der Waals surface area contributed by atoms with Crippen molar-refractivity contribution in [2.24, 2.45) is 11.7 Å². The number of halogens is 3. The van der Waals surface area contributed by atoms with E-state index < -0.39 is 23.9 Å². The van der Waals surface area contributed by atoms with Crippen LogP contribution in [-0.2, 0) is 4.79 Å². The quantitative estimate of drug-likeness (QED) is 0.870. The smallest absolute Gasteiger partial charge is 0.393 e. The van der Waals surface area contributed by atoms with Crippen LogP contribution in [0.2, 0.25) is 0 Å². The summed E-state index contributed by atoms with van der Waals surface area (Å²) in [6.45, 7) is -0.443. The number of methoxy groups -OCH3 is 1. The van der Waals surface area contributed by atoms with Gasteiger partial charge in [-0.3, -0.25) is 9.59 Å². The van der Waals surface area contributed by atoms with Crippen LogP contribution < -0.4 is 15.2 Å². The Morgan fingerprint density at radius 3 is 2.64 bits per heavy atom. The largest absolute Gasteiger partial charge is 0.493 e. The van der Waals surface area contributed by atoms with Crippen molar-refractivity contribution >= 4 is 11.8 Å². The van der Waals surface area contributed by atoms with Crippen molar-refractivity contribution in [3.63, 3.8) is 0 Å². The molecular formula is C16H19F3N2O4. The Morgan fingerprint density at radius 2 is 2.04 bits per heavy atom. The number of amides is 2. The van der Waals surface area contributed by atoms with Gasteiger partial charge in [0.2, 0.25) is 0 Å². The third-order valence-electron chi connectivity index (χ3n) is 3.95. The molecule has 1 fully saturated rings. The lowest BCUT2D eigenvalue weighted by molar-refractivity contribution is -0.184. The third kappa shape index (κ3) is 4.77. The molecule has 0 saturated carbocycles. The summed E-state index contributed by atoms with van der Waals surface area (Å²) < 4.78 is 48.9. The van der Waals surface area contributed by atoms with Crippen LogP contribution in [0.3, 0.4) is 0 Å². The lowest BCUT2D eigenvalue weighted by atomic mass is 9.97. The number of nitrogens with two attached hydrogens (primary N) is 1. The van der Waals surface area contributed by atoms with E-state index in [1.165, 1.54) is 30.2 Å². The van der Waals surface area contributed by atoms with Gasteiger partial charge < -0.3 is 20.1 Å². The molecule has 1 heterocycles. The number of piperidine rings is 1. The number of rotatable bonds is 5. The summed E-state index contributed by atoms with van der Waals surface area (Å²) in [5.74, 6) is -2.28. The molecule has 1 atom stereocenters. The zero-order chi connectivity index (χ0) is 18.6. The second-order valence-electron chi connectivity index (χ2n) is 5.75. The van der Waals surface area contributed by atoms with E-state index in [1.807, 2.05) is 0 Å². The molecule has 0 aromatic heterocycles. The normalized spacial score (nSPS) is 17.9. The number of benzene rings is 1. The van der Waals surface area contributed by atoms with Crippen molar-refractivity contribution in [2.75, 3.05) is 26.8 Å². The highest BCUT2D eigenvalue weighted by Crippen LogP contribution is 2.34. The van der Waals surface area contributed by atoms with Gasteiger partial charge in [-0.1, -0.05) is 0 Å². The number of carbonyl (C=O) groups is 2. The molecule has 0 radical (unpaired) electrons. The lowest BCUT2D eigenvalue weighted by Gasteiger charge is -2.33. The maximum absolute atomic E-state index is 12.9. The number of nitrogens with zero attached hydrogens (tertiary/aromatic N) is 1. The standard InChI is InChI=1S/C16H19F3N2O4/c1-24-13-7-10(4-5-12(13)25-9-14(20)22)15(23)21-6-2-3-11(8-21)16(17,18)19/h4-5,7,11H,2-3,6,8-9H2,1H3,(H2,20,22). The molecule has 2 amide bonds. The van der Waals surface area contributed by atoms with E-state index in [2.05, 4.69) is 0 Å². The Balaban J connectivity index is 2.14. The first-order valence-electron chi connectivity index (χ1n) is 7.67. The van der Waals surface area contributed by atoms with Crippen LogP contribution in [0.15, 0.2) is 18.2 Å². The van der Waals surface area contributed by atoms with Gasteiger partial charge in [-0.25, -0.2) is 0 Å². The van der Waals surface area contributed by atoms with Crippen molar-refractivity contribution in [1.29, 1.82) is 0 Å². The van der Waals surface area contributed by atoms with E-state index in [9.17, 15) is 22.8 Å². The topological polar surface area (TPSA) is 81.9 Å². The molecule has 2 rings (SSSR count). The van der Waals surface area contributed by atoms with E-state index >= 15 is 0 Å². The van der Waals surface area contributed by atoms with E-state index in [1.54, 1.807) is 0 Å². The van der Waals surface area contributed by atoms with Crippen LogP contribution >= 0.6 is 0 Å². The molecule has 2 N–H and O–H groups in total. The monoisotopic (exact) mass is 360 g/mol. The molecule has 0 aliphatic carbocycles. The zero-order valence-electron chi connectivity index (χ0n) is 13.6. The van der Waals surface area contributed by atoms with Crippen LogP contribution in [0.25, 0.3) is 0 Å². The molecule has 0 bridgehead atoms. The first kappa shape index (κ1) is 18.9. The summed E-state index contributed by atoms with van der Waals surface area (Å²) in [6.07, 6.45) is -3.99. The molecule has 1 aromatic carbocycles. The second-order valence-corrected chi connectivity index (χ2v) is 5.75. The van der Waals surface area contributed by atoms with Gasteiger partial charge in [0.05, 0.1) is 13.0 Å². The predicted molar refractivity (Wildman–Crippen MR) is 82.4 cm³/mol. The summed E-state index contributed by atoms with van der Waals surface area (Å²) in [5, 5.41) is 0. The van der Waals surface area contributed by atoms with E-state index in [4.69, 9.17) is 15.2 Å². The number of likely N-dealkylation sites (tertiary alicyclic amines) is 1. The minimum atomic E-state index is -4.32. The van der Waals surface area contributed by atoms with Crippen molar-refractivity contribution in [3.8, 4) is 11.5 Å². The van der Waals surface area contributed by atoms with E-state index in [0.717, 1.165) is 0 Å². The van der Waals surface area contributed by atoms with Crippen molar-refractivity contribution in [3.05, 3.63) is 23.8 Å². The maximum atomic E-state index is 12.9. The number of hydrogen-bond acceptors (Lipinski definition) is 4. The summed E-state index contributed by atoms with van der Waals surface area (Å²) in [7, 11) is 1.35. The second kappa shape index (κ2) is 7.62. The molecule has 9 heteroatoms. The number of alkyl halides is 3. The van der Waals surface area contributed by atoms with Gasteiger partial charge in [0.15, 0.2) is 18.1 Å². The first-order valence-corrected chi connectivity index (χ1v) is 7.67. The summed E-state index contributed by atoms with van der Waals surface area (Å²) in [5.41, 5.74) is 5.18. The Bertz CT molecular complexity index is 649. The van der Waals surface area contributed by atoms with Gasteiger partial charge in [-0.2, -0.15) is 13.2 Å². The minimum absolute atomic E-state index is 0.0243. The van der Waals surface area contributed by atoms with Gasteiger partial charge in [-0.15, -0.1) is 0 Å². The van der Waals surface area contributed by atoms with E-state index in [-0.39, 0.29) is 43.2 Å². The van der Waals surface area contributed by atoms with Crippen LogP contribution in [0.4, 0.5) is 13.2 Å². The molecule has 25 heavy (non-hydrogen) atoms. The molecule has 1 saturated heterocycles. The average molecular weight is 360 g/mol. The Morgan fingerprint density at radius 1 is 1.32 bits per heavy atom. The molecule has 1 aromatic rings. The highest BCUT2D eigenvalue weighted by atomic mass is 19.4. The molecule has 138 valence electrons. The summed E-state index contributed by atoms with van der Waals surface area (Å²) in [4.78, 5) is 24.5. The fraction of sp³-hybridized carbons (Fsp3) is 0.500. The predicted octanol–water partition coefficient (Wildman–Crippen LogP) is 1.97. The number of primary amides is 1. The minimum Gasteiger partial charge on any atom is -0.493 e. The fourth-order valence-corrected chi connectivity index (χ4v) is 2.68. The van der Waals surface area contributed by atoms with Gasteiger partial charge in [0, 0.05) is 18.7 Å². The van der Waals surface area contributed by atoms with Crippen molar-refractivity contribution in [1.82, 2.24) is 4.90 Å². The van der Waals surface area contributed by atoms with Crippen molar-refractivity contribution < 1.29 is 32.2 Å². The molecule has 1 unspecified atom stereocenters. The highest BCUT2D eigenvalue weighted by Gasteiger charge is 2.42. The zero-order valence-corrected chi connectivity index (χ0v) is 13.6. The van der Waals surface area contributed by atoms with Gasteiger partial charge in [0.1, 0.15) is 0 Å². The van der Waals surface area contributed by atoms with Crippen LogP contribution in [-0.4, -0.2) is 49.7 Å². The molecule has 6 nitrogen and oxygen atoms in total. The van der Waals surface area contributed by atoms with Crippen LogP contribution in [0.5, 0.6) is 11.5 Å². The maximum Gasteiger partial charge on any atom is 0.393 e. The highest BCUT2D eigenvalue weighted by molar-refractivity contribution is 5.95. The Labute approximate surface area is 142 Å². The van der Waals surface area contributed by atoms with Gasteiger partial charge in [-0.05, 0) is 31.0 Å². The molecule has 0 spiro atoms. The summed E-state index contributed by atoms with van der Waals surface area (Å²) >= 11 is 0. The van der Waals surface area contributed by atoms with Crippen LogP contribution in [0, 0.1) is 5.92 Å². The average Bonchev–Trinajstić information content (AvgIpc) is 2.58. The fourth-order valence-electron chi connectivity index (χ4n) is 2.68. The first-order chi connectivity index (χ1) is 11.7. The Hall–Kier alpha value is -2.45. The summed E-state index contributed by atoms with van der Waals surface area (Å²) in [6, 6.07) is 4.20. The van der Waals surface area contributed by atoms with Crippen molar-refractivity contribution in [2.45, 2.75) is 19.0 Å². The third-order valence-corrected chi connectivity index (χ3v) is 3.95. The SMILES string of the molecule is COc1cc(C(=O)N2CCCC(C(F)(F)F)C2)ccc1OCC(N)=O. The van der Waals surface area contributed by atoms with Crippen LogP contribution in [0.1, 0.15) is 23.2 Å².